The van der Waals surface area contributed by atoms with Gasteiger partial charge in [0.25, 0.3) is 0 Å². The van der Waals surface area contributed by atoms with Crippen molar-refractivity contribution >= 4 is 5.91 Å². The van der Waals surface area contributed by atoms with Gasteiger partial charge in [-0.1, -0.05) is 25.8 Å². The monoisotopic (exact) mass is 311 g/mol. The lowest BCUT2D eigenvalue weighted by Gasteiger charge is -2.31. The van der Waals surface area contributed by atoms with Gasteiger partial charge >= 0.3 is 0 Å². The molecule has 0 aromatic heterocycles. The molecule has 22 heavy (non-hydrogen) atoms. The first-order valence-electron chi connectivity index (χ1n) is 7.91. The fourth-order valence-electron chi connectivity index (χ4n) is 3.33. The van der Waals surface area contributed by atoms with E-state index in [1.165, 1.54) is 12.1 Å². The molecule has 1 amide bonds. The number of halogens is 2. The topological polar surface area (TPSA) is 49.3 Å². The second-order valence-corrected chi connectivity index (χ2v) is 6.00. The van der Waals surface area contributed by atoms with Gasteiger partial charge in [0.05, 0.1) is 5.41 Å². The zero-order valence-corrected chi connectivity index (χ0v) is 12.9. The number of aliphatic hydroxyl groups excluding tert-OH is 1. The molecule has 1 unspecified atom stereocenters. The summed E-state index contributed by atoms with van der Waals surface area (Å²) in [5.41, 5.74) is -0.636. The van der Waals surface area contributed by atoms with Crippen LogP contribution in [0.1, 0.15) is 51.0 Å². The van der Waals surface area contributed by atoms with Gasteiger partial charge in [0.2, 0.25) is 5.91 Å². The Morgan fingerprint density at radius 2 is 2.05 bits per heavy atom. The standard InChI is InChI=1S/C17H23F2NO2/c1-2-13(7-10-21)20-16(22)17(8-3-4-9-17)14-6-5-12(18)11-15(14)19/h5-6,11,13,21H,2-4,7-10H2,1H3,(H,20,22). The molecule has 1 aromatic carbocycles. The Hall–Kier alpha value is -1.49. The van der Waals surface area contributed by atoms with Gasteiger partial charge in [-0.05, 0) is 31.7 Å². The van der Waals surface area contributed by atoms with Gasteiger partial charge < -0.3 is 10.4 Å². The van der Waals surface area contributed by atoms with Crippen LogP contribution >= 0.6 is 0 Å². The van der Waals surface area contributed by atoms with Gasteiger partial charge in [-0.25, -0.2) is 8.78 Å². The van der Waals surface area contributed by atoms with Crippen molar-refractivity contribution in [1.29, 1.82) is 0 Å². The molecule has 122 valence electrons. The molecule has 3 nitrogen and oxygen atoms in total. The molecule has 0 aliphatic heterocycles. The van der Waals surface area contributed by atoms with E-state index in [0.29, 0.717) is 25.7 Å². The van der Waals surface area contributed by atoms with Crippen LogP contribution < -0.4 is 5.32 Å². The van der Waals surface area contributed by atoms with Crippen molar-refractivity contribution < 1.29 is 18.7 Å². The average Bonchev–Trinajstić information content (AvgIpc) is 2.97. The molecular formula is C17H23F2NO2. The average molecular weight is 311 g/mol. The SMILES string of the molecule is CCC(CCO)NC(=O)C1(c2ccc(F)cc2F)CCCC1. The Kier molecular flexibility index (Phi) is 5.51. The number of benzene rings is 1. The van der Waals surface area contributed by atoms with E-state index in [9.17, 15) is 13.6 Å². The summed E-state index contributed by atoms with van der Waals surface area (Å²) in [6.07, 6.45) is 4.01. The molecule has 1 aliphatic carbocycles. The minimum Gasteiger partial charge on any atom is -0.396 e. The first-order chi connectivity index (χ1) is 10.5. The van der Waals surface area contributed by atoms with E-state index in [-0.39, 0.29) is 24.1 Å². The normalized spacial score (nSPS) is 18.2. The third kappa shape index (κ3) is 3.29. The number of hydrogen-bond acceptors (Lipinski definition) is 2. The number of rotatable bonds is 6. The smallest absolute Gasteiger partial charge is 0.230 e. The van der Waals surface area contributed by atoms with Crippen molar-refractivity contribution in [2.24, 2.45) is 0 Å². The van der Waals surface area contributed by atoms with E-state index in [1.54, 1.807) is 0 Å². The first-order valence-corrected chi connectivity index (χ1v) is 7.91. The van der Waals surface area contributed by atoms with E-state index in [2.05, 4.69) is 5.32 Å². The maximum absolute atomic E-state index is 14.2. The number of carbonyl (C=O) groups is 1. The quantitative estimate of drug-likeness (QED) is 0.848. The predicted octanol–water partition coefficient (Wildman–Crippen LogP) is 3.05. The van der Waals surface area contributed by atoms with Crippen LogP contribution in [0.15, 0.2) is 18.2 Å². The van der Waals surface area contributed by atoms with Crippen LogP contribution in [0.25, 0.3) is 0 Å². The Morgan fingerprint density at radius 1 is 1.36 bits per heavy atom. The lowest BCUT2D eigenvalue weighted by molar-refractivity contribution is -0.127. The molecule has 1 saturated carbocycles. The van der Waals surface area contributed by atoms with Crippen LogP contribution in [0, 0.1) is 11.6 Å². The highest BCUT2D eigenvalue weighted by atomic mass is 19.1. The lowest BCUT2D eigenvalue weighted by Crippen LogP contribution is -2.47. The molecule has 1 fully saturated rings. The summed E-state index contributed by atoms with van der Waals surface area (Å²) in [5.74, 6) is -1.51. The molecule has 1 aromatic rings. The minimum atomic E-state index is -0.916. The van der Waals surface area contributed by atoms with E-state index in [4.69, 9.17) is 5.11 Å². The molecule has 1 atom stereocenters. The molecular weight excluding hydrogens is 288 g/mol. The van der Waals surface area contributed by atoms with E-state index in [0.717, 1.165) is 18.9 Å². The van der Waals surface area contributed by atoms with Crippen molar-refractivity contribution in [2.45, 2.75) is 56.9 Å². The summed E-state index contributed by atoms with van der Waals surface area (Å²) in [6, 6.07) is 3.31. The highest BCUT2D eigenvalue weighted by molar-refractivity contribution is 5.88. The van der Waals surface area contributed by atoms with Crippen molar-refractivity contribution in [3.05, 3.63) is 35.4 Å². The Balaban J connectivity index is 2.30. The second kappa shape index (κ2) is 7.18. The highest BCUT2D eigenvalue weighted by Gasteiger charge is 2.44. The maximum Gasteiger partial charge on any atom is 0.230 e. The van der Waals surface area contributed by atoms with E-state index < -0.39 is 17.0 Å². The molecule has 5 heteroatoms. The van der Waals surface area contributed by atoms with Crippen LogP contribution in [0.3, 0.4) is 0 Å². The summed E-state index contributed by atoms with van der Waals surface area (Å²) in [5, 5.41) is 12.0. The van der Waals surface area contributed by atoms with Gasteiger partial charge in [-0.15, -0.1) is 0 Å². The van der Waals surface area contributed by atoms with Crippen molar-refractivity contribution in [2.75, 3.05) is 6.61 Å². The Bertz CT molecular complexity index is 527. The highest BCUT2D eigenvalue weighted by Crippen LogP contribution is 2.42. The summed E-state index contributed by atoms with van der Waals surface area (Å²) in [6.45, 7) is 1.93. The van der Waals surface area contributed by atoms with E-state index >= 15 is 0 Å². The molecule has 2 N–H and O–H groups in total. The zero-order chi connectivity index (χ0) is 16.2. The summed E-state index contributed by atoms with van der Waals surface area (Å²) in [4.78, 5) is 12.8. The van der Waals surface area contributed by atoms with Crippen LogP contribution in [-0.4, -0.2) is 23.7 Å². The Labute approximate surface area is 129 Å². The predicted molar refractivity (Wildman–Crippen MR) is 80.4 cm³/mol. The molecule has 2 rings (SSSR count). The molecule has 1 aliphatic rings. The van der Waals surface area contributed by atoms with Crippen LogP contribution in [0.2, 0.25) is 0 Å². The molecule has 0 bridgehead atoms. The number of carbonyl (C=O) groups excluding carboxylic acids is 1. The second-order valence-electron chi connectivity index (χ2n) is 6.00. The number of nitrogens with one attached hydrogen (secondary N) is 1. The van der Waals surface area contributed by atoms with Gasteiger partial charge in [0.15, 0.2) is 0 Å². The maximum atomic E-state index is 14.2. The van der Waals surface area contributed by atoms with Crippen molar-refractivity contribution in [3.8, 4) is 0 Å². The van der Waals surface area contributed by atoms with Gasteiger partial charge in [-0.2, -0.15) is 0 Å². The minimum absolute atomic E-state index is 0.00328. The van der Waals surface area contributed by atoms with Crippen LogP contribution in [0.4, 0.5) is 8.78 Å². The van der Waals surface area contributed by atoms with Crippen LogP contribution in [0.5, 0.6) is 0 Å². The van der Waals surface area contributed by atoms with Gasteiger partial charge in [0, 0.05) is 24.3 Å². The fraction of sp³-hybridized carbons (Fsp3) is 0.588. The number of hydrogen-bond donors (Lipinski definition) is 2. The van der Waals surface area contributed by atoms with Gasteiger partial charge in [0.1, 0.15) is 11.6 Å². The molecule has 0 heterocycles. The number of amides is 1. The fourth-order valence-corrected chi connectivity index (χ4v) is 3.33. The molecule has 0 saturated heterocycles. The van der Waals surface area contributed by atoms with Crippen molar-refractivity contribution in [3.63, 3.8) is 0 Å². The Morgan fingerprint density at radius 3 is 2.59 bits per heavy atom. The molecule has 0 radical (unpaired) electrons. The van der Waals surface area contributed by atoms with Crippen LogP contribution in [-0.2, 0) is 10.2 Å². The third-order valence-electron chi connectivity index (χ3n) is 4.64. The zero-order valence-electron chi connectivity index (χ0n) is 12.9. The van der Waals surface area contributed by atoms with Crippen molar-refractivity contribution in [1.82, 2.24) is 5.32 Å². The summed E-state index contributed by atoms with van der Waals surface area (Å²) in [7, 11) is 0. The largest absolute Gasteiger partial charge is 0.396 e. The summed E-state index contributed by atoms with van der Waals surface area (Å²) >= 11 is 0. The first kappa shape index (κ1) is 16.9. The van der Waals surface area contributed by atoms with Gasteiger partial charge in [-0.3, -0.25) is 4.79 Å². The summed E-state index contributed by atoms with van der Waals surface area (Å²) < 4.78 is 27.4. The molecule has 0 spiro atoms. The third-order valence-corrected chi connectivity index (χ3v) is 4.64. The van der Waals surface area contributed by atoms with E-state index in [1.807, 2.05) is 6.92 Å². The number of aliphatic hydroxyl groups is 1. The lowest BCUT2D eigenvalue weighted by atomic mass is 9.77.